The maximum Gasteiger partial charge on any atom is 0.345 e. The van der Waals surface area contributed by atoms with Gasteiger partial charge in [0.15, 0.2) is 0 Å². The van der Waals surface area contributed by atoms with E-state index in [1.165, 1.54) is 9.96 Å². The molecule has 4 aliphatic heterocycles. The third-order valence-electron chi connectivity index (χ3n) is 5.93. The standard InChI is InChI=1S/C16H27N5O5S/c22-15(14-2-1-12-9-20(14)16(23)21(12)26-27)18-25-10-11-7-13(8-17-11)19-3-5-24-6-4-19/h11-14,17,27H,1-10H2,(H,18,22)/t11-,12?,13-,14?/m0/s1. The predicted octanol–water partition coefficient (Wildman–Crippen LogP) is -0.858. The maximum absolute atomic E-state index is 12.5. The van der Waals surface area contributed by atoms with Gasteiger partial charge in [-0.05, 0) is 19.3 Å². The Morgan fingerprint density at radius 2 is 2.11 bits per heavy atom. The third-order valence-corrected chi connectivity index (χ3v) is 6.11. The van der Waals surface area contributed by atoms with E-state index in [0.717, 1.165) is 39.3 Å². The maximum atomic E-state index is 12.5. The van der Waals surface area contributed by atoms with Crippen LogP contribution in [0.5, 0.6) is 0 Å². The van der Waals surface area contributed by atoms with Crippen LogP contribution in [0.2, 0.25) is 0 Å². The molecular formula is C16H27N5O5S. The number of ether oxygens (including phenoxy) is 1. The van der Waals surface area contributed by atoms with Crippen LogP contribution in [-0.4, -0.2) is 97.0 Å². The summed E-state index contributed by atoms with van der Waals surface area (Å²) in [5, 5.41) is 4.68. The first-order valence-corrected chi connectivity index (χ1v) is 9.92. The fraction of sp³-hybridized carbons (Fsp3) is 0.875. The minimum Gasteiger partial charge on any atom is -0.379 e. The van der Waals surface area contributed by atoms with E-state index in [9.17, 15) is 9.59 Å². The van der Waals surface area contributed by atoms with Gasteiger partial charge in [0.2, 0.25) is 0 Å². The van der Waals surface area contributed by atoms with Crippen LogP contribution in [-0.2, 0) is 18.7 Å². The van der Waals surface area contributed by atoms with Crippen molar-refractivity contribution in [3.63, 3.8) is 0 Å². The monoisotopic (exact) mass is 401 g/mol. The van der Waals surface area contributed by atoms with Gasteiger partial charge in [-0.3, -0.25) is 14.5 Å². The number of urea groups is 1. The Kier molecular flexibility index (Phi) is 6.05. The summed E-state index contributed by atoms with van der Waals surface area (Å²) in [6.07, 6.45) is 2.27. The Bertz CT molecular complexity index is 563. The third kappa shape index (κ3) is 4.03. The highest BCUT2D eigenvalue weighted by Gasteiger charge is 2.48. The number of fused-ring (bicyclic) bond motifs is 2. The molecule has 4 rings (SSSR count). The highest BCUT2D eigenvalue weighted by molar-refractivity contribution is 7.75. The van der Waals surface area contributed by atoms with Crippen molar-refractivity contribution in [3.05, 3.63) is 0 Å². The second-order valence-electron chi connectivity index (χ2n) is 7.51. The van der Waals surface area contributed by atoms with Crippen molar-refractivity contribution in [2.45, 2.75) is 43.4 Å². The van der Waals surface area contributed by atoms with Crippen LogP contribution in [0.25, 0.3) is 0 Å². The van der Waals surface area contributed by atoms with E-state index in [2.05, 4.69) is 28.6 Å². The molecule has 4 atom stereocenters. The lowest BCUT2D eigenvalue weighted by molar-refractivity contribution is -0.139. The van der Waals surface area contributed by atoms with Gasteiger partial charge in [-0.15, -0.1) is 0 Å². The summed E-state index contributed by atoms with van der Waals surface area (Å²) in [5.41, 5.74) is 2.53. The molecule has 4 fully saturated rings. The molecule has 0 saturated carbocycles. The summed E-state index contributed by atoms with van der Waals surface area (Å²) in [4.78, 5) is 34.1. The molecule has 0 spiro atoms. The van der Waals surface area contributed by atoms with Crippen molar-refractivity contribution in [2.24, 2.45) is 0 Å². The minimum absolute atomic E-state index is 0.0419. The van der Waals surface area contributed by atoms with Gasteiger partial charge in [-0.1, -0.05) is 0 Å². The second-order valence-corrected chi connectivity index (χ2v) is 7.67. The zero-order valence-corrected chi connectivity index (χ0v) is 16.1. The Hall–Kier alpha value is -1.11. The Morgan fingerprint density at radius 1 is 1.30 bits per heavy atom. The normalized spacial score (nSPS) is 34.3. The Balaban J connectivity index is 1.20. The lowest BCUT2D eigenvalue weighted by Gasteiger charge is -2.31. The largest absolute Gasteiger partial charge is 0.379 e. The molecule has 4 aliphatic rings. The van der Waals surface area contributed by atoms with Crippen molar-refractivity contribution < 1.29 is 23.4 Å². The molecule has 0 radical (unpaired) electrons. The molecule has 11 heteroatoms. The number of nitrogens with zero attached hydrogens (tertiary/aromatic N) is 3. The molecule has 10 nitrogen and oxygen atoms in total. The molecule has 0 aliphatic carbocycles. The average Bonchev–Trinajstić information content (AvgIpc) is 3.26. The van der Waals surface area contributed by atoms with Crippen molar-refractivity contribution in [2.75, 3.05) is 46.0 Å². The molecule has 4 heterocycles. The fourth-order valence-corrected chi connectivity index (χ4v) is 4.64. The van der Waals surface area contributed by atoms with E-state index in [0.29, 0.717) is 32.0 Å². The first-order chi connectivity index (χ1) is 13.2. The molecule has 0 aromatic rings. The topological polar surface area (TPSA) is 95.6 Å². The lowest BCUT2D eigenvalue weighted by atomic mass is 10.0. The van der Waals surface area contributed by atoms with Crippen LogP contribution in [0.3, 0.4) is 0 Å². The summed E-state index contributed by atoms with van der Waals surface area (Å²) in [6.45, 7) is 5.33. The lowest BCUT2D eigenvalue weighted by Crippen LogP contribution is -2.50. The van der Waals surface area contributed by atoms with Crippen LogP contribution >= 0.6 is 12.9 Å². The number of piperidine rings is 1. The van der Waals surface area contributed by atoms with Crippen LogP contribution in [0, 0.1) is 0 Å². The number of nitrogens with one attached hydrogen (secondary N) is 2. The Morgan fingerprint density at radius 3 is 2.89 bits per heavy atom. The summed E-state index contributed by atoms with van der Waals surface area (Å²) in [6, 6.07) is -0.198. The first kappa shape index (κ1) is 19.2. The zero-order chi connectivity index (χ0) is 18.8. The molecule has 27 heavy (non-hydrogen) atoms. The number of hydroxylamine groups is 3. The first-order valence-electron chi connectivity index (χ1n) is 9.55. The number of morpholine rings is 1. The fourth-order valence-electron chi connectivity index (χ4n) is 4.44. The van der Waals surface area contributed by atoms with Gasteiger partial charge in [-0.25, -0.2) is 14.6 Å². The van der Waals surface area contributed by atoms with Gasteiger partial charge in [0.1, 0.15) is 6.04 Å². The number of hydrogen-bond donors (Lipinski definition) is 3. The molecule has 2 bridgehead atoms. The smallest absolute Gasteiger partial charge is 0.345 e. The highest BCUT2D eigenvalue weighted by Crippen LogP contribution is 2.30. The number of amides is 3. The second kappa shape index (κ2) is 8.50. The molecule has 4 saturated heterocycles. The van der Waals surface area contributed by atoms with E-state index in [1.807, 2.05) is 0 Å². The summed E-state index contributed by atoms with van der Waals surface area (Å²) in [5.74, 6) is -0.287. The Labute approximate surface area is 164 Å². The average molecular weight is 401 g/mol. The molecular weight excluding hydrogens is 374 g/mol. The van der Waals surface area contributed by atoms with E-state index in [-0.39, 0.29) is 24.0 Å². The van der Waals surface area contributed by atoms with Crippen LogP contribution in [0.15, 0.2) is 0 Å². The molecule has 3 amide bonds. The number of carbonyl (C=O) groups excluding carboxylic acids is 2. The van der Waals surface area contributed by atoms with Gasteiger partial charge in [0.05, 0.1) is 25.9 Å². The highest BCUT2D eigenvalue weighted by atomic mass is 32.1. The number of hydrogen-bond acceptors (Lipinski definition) is 8. The van der Waals surface area contributed by atoms with Gasteiger partial charge < -0.3 is 15.0 Å². The van der Waals surface area contributed by atoms with Crippen LogP contribution < -0.4 is 10.8 Å². The minimum atomic E-state index is -0.528. The number of thiol groups is 1. The van der Waals surface area contributed by atoms with Crippen molar-refractivity contribution in [1.82, 2.24) is 25.7 Å². The quantitative estimate of drug-likeness (QED) is 0.303. The van der Waals surface area contributed by atoms with Gasteiger partial charge >= 0.3 is 6.03 Å². The summed E-state index contributed by atoms with van der Waals surface area (Å²) >= 11 is 3.73. The van der Waals surface area contributed by atoms with Gasteiger partial charge in [0, 0.05) is 51.2 Å². The number of carbonyl (C=O) groups is 2. The molecule has 152 valence electrons. The van der Waals surface area contributed by atoms with Crippen molar-refractivity contribution in [1.29, 1.82) is 0 Å². The van der Waals surface area contributed by atoms with E-state index >= 15 is 0 Å². The molecule has 2 N–H and O–H groups in total. The van der Waals surface area contributed by atoms with Crippen molar-refractivity contribution in [3.8, 4) is 0 Å². The SMILES string of the molecule is O=C(NOC[C@@H]1C[C@H](N2CCOCC2)CN1)C1CCC2CN1C(=O)N2OS. The number of rotatable bonds is 6. The molecule has 0 aromatic heterocycles. The summed E-state index contributed by atoms with van der Waals surface area (Å²) < 4.78 is 10.2. The van der Waals surface area contributed by atoms with Crippen LogP contribution in [0.4, 0.5) is 4.79 Å². The van der Waals surface area contributed by atoms with E-state index < -0.39 is 6.04 Å². The van der Waals surface area contributed by atoms with E-state index in [1.54, 1.807) is 0 Å². The molecule has 0 aromatic carbocycles. The molecule has 2 unspecified atom stereocenters. The summed E-state index contributed by atoms with van der Waals surface area (Å²) in [7, 11) is 0. The van der Waals surface area contributed by atoms with Crippen molar-refractivity contribution >= 4 is 24.8 Å². The van der Waals surface area contributed by atoms with E-state index in [4.69, 9.17) is 13.9 Å². The zero-order valence-electron chi connectivity index (χ0n) is 15.2. The van der Waals surface area contributed by atoms with Crippen LogP contribution in [0.1, 0.15) is 19.3 Å². The van der Waals surface area contributed by atoms with Gasteiger partial charge in [0.25, 0.3) is 5.91 Å². The predicted molar refractivity (Wildman–Crippen MR) is 97.5 cm³/mol. The van der Waals surface area contributed by atoms with Gasteiger partial charge in [-0.2, -0.15) is 5.06 Å².